The summed E-state index contributed by atoms with van der Waals surface area (Å²) in [6, 6.07) is 3.03. The van der Waals surface area contributed by atoms with Crippen LogP contribution in [0.4, 0.5) is 11.4 Å². The van der Waals surface area contributed by atoms with Crippen LogP contribution in [-0.4, -0.2) is 24.1 Å². The number of rotatable bonds is 3. The smallest absolute Gasteiger partial charge is 0.293 e. The molecule has 1 aliphatic heterocycles. The average molecular weight is 290 g/mol. The quantitative estimate of drug-likeness (QED) is 0.663. The van der Waals surface area contributed by atoms with Crippen molar-refractivity contribution in [2.24, 2.45) is 0 Å². The maximum atomic E-state index is 11.0. The van der Waals surface area contributed by atoms with Crippen molar-refractivity contribution in [1.29, 1.82) is 0 Å². The second-order valence-corrected chi connectivity index (χ2v) is 5.02. The molecule has 1 saturated heterocycles. The summed E-state index contributed by atoms with van der Waals surface area (Å²) < 4.78 is 0. The number of nitrogens with zero attached hydrogens (tertiary/aromatic N) is 1. The number of piperidine rings is 1. The van der Waals surface area contributed by atoms with Gasteiger partial charge in [-0.2, -0.15) is 0 Å². The number of anilines is 1. The van der Waals surface area contributed by atoms with Crippen LogP contribution in [0.1, 0.15) is 12.8 Å². The second kappa shape index (κ2) is 5.73. The first-order chi connectivity index (χ1) is 8.58. The highest BCUT2D eigenvalue weighted by Gasteiger charge is 2.20. The lowest BCUT2D eigenvalue weighted by atomic mass is 10.1. The largest absolute Gasteiger partial charge is 0.377 e. The fraction of sp³-hybridized carbons (Fsp3) is 0.455. The molecular formula is C11H13Cl2N3O2. The minimum absolute atomic E-state index is 0.0390. The Labute approximate surface area is 115 Å². The van der Waals surface area contributed by atoms with Crippen LogP contribution < -0.4 is 10.6 Å². The lowest BCUT2D eigenvalue weighted by Crippen LogP contribution is -2.35. The summed E-state index contributed by atoms with van der Waals surface area (Å²) in [4.78, 5) is 10.5. The Hall–Kier alpha value is -1.04. The molecule has 5 nitrogen and oxygen atoms in total. The number of nitro groups is 1. The lowest BCUT2D eigenvalue weighted by Gasteiger charge is -2.24. The number of nitrogens with one attached hydrogen (secondary N) is 2. The summed E-state index contributed by atoms with van der Waals surface area (Å²) in [5.74, 6) is 0. The molecule has 1 aromatic rings. The topological polar surface area (TPSA) is 67.2 Å². The van der Waals surface area contributed by atoms with E-state index in [-0.39, 0.29) is 16.8 Å². The minimum Gasteiger partial charge on any atom is -0.377 e. The van der Waals surface area contributed by atoms with Crippen molar-refractivity contribution in [3.05, 3.63) is 32.3 Å². The Morgan fingerprint density at radius 3 is 2.50 bits per heavy atom. The Bertz CT molecular complexity index is 462. The van der Waals surface area contributed by atoms with Gasteiger partial charge in [0.05, 0.1) is 15.0 Å². The molecular weight excluding hydrogens is 277 g/mol. The second-order valence-electron chi connectivity index (χ2n) is 4.21. The molecule has 0 unspecified atom stereocenters. The first kappa shape index (κ1) is 13.4. The van der Waals surface area contributed by atoms with E-state index in [4.69, 9.17) is 23.2 Å². The average Bonchev–Trinajstić information content (AvgIpc) is 2.34. The normalized spacial score (nSPS) is 16.6. The molecule has 2 N–H and O–H groups in total. The zero-order valence-corrected chi connectivity index (χ0v) is 11.1. The van der Waals surface area contributed by atoms with Crippen molar-refractivity contribution >= 4 is 34.6 Å². The van der Waals surface area contributed by atoms with Crippen LogP contribution in [-0.2, 0) is 0 Å². The maximum absolute atomic E-state index is 11.0. The molecule has 2 rings (SSSR count). The molecule has 0 aliphatic carbocycles. The van der Waals surface area contributed by atoms with Crippen LogP contribution in [0.5, 0.6) is 0 Å². The Morgan fingerprint density at radius 2 is 1.89 bits per heavy atom. The van der Waals surface area contributed by atoms with Gasteiger partial charge in [-0.3, -0.25) is 10.1 Å². The summed E-state index contributed by atoms with van der Waals surface area (Å²) >= 11 is 11.7. The maximum Gasteiger partial charge on any atom is 0.293 e. The van der Waals surface area contributed by atoms with Gasteiger partial charge < -0.3 is 10.6 Å². The number of hydrogen-bond acceptors (Lipinski definition) is 4. The molecule has 98 valence electrons. The highest BCUT2D eigenvalue weighted by molar-refractivity contribution is 6.42. The van der Waals surface area contributed by atoms with Crippen LogP contribution in [0.2, 0.25) is 10.0 Å². The molecule has 0 amide bonds. The van der Waals surface area contributed by atoms with Gasteiger partial charge in [0.2, 0.25) is 0 Å². The lowest BCUT2D eigenvalue weighted by molar-refractivity contribution is -0.384. The zero-order chi connectivity index (χ0) is 13.1. The summed E-state index contributed by atoms with van der Waals surface area (Å²) in [6.45, 7) is 1.82. The van der Waals surface area contributed by atoms with Crippen molar-refractivity contribution in [2.45, 2.75) is 18.9 Å². The van der Waals surface area contributed by atoms with Crippen molar-refractivity contribution in [3.8, 4) is 0 Å². The summed E-state index contributed by atoms with van der Waals surface area (Å²) in [7, 11) is 0. The van der Waals surface area contributed by atoms with E-state index in [9.17, 15) is 10.1 Å². The van der Waals surface area contributed by atoms with Crippen LogP contribution in [0.15, 0.2) is 12.1 Å². The van der Waals surface area contributed by atoms with Gasteiger partial charge in [0.1, 0.15) is 5.69 Å². The van der Waals surface area contributed by atoms with E-state index in [2.05, 4.69) is 10.6 Å². The molecule has 18 heavy (non-hydrogen) atoms. The fourth-order valence-electron chi connectivity index (χ4n) is 1.99. The zero-order valence-electron chi connectivity index (χ0n) is 9.58. The summed E-state index contributed by atoms with van der Waals surface area (Å²) in [5.41, 5.74) is 0.393. The van der Waals surface area contributed by atoms with Crippen LogP contribution >= 0.6 is 23.2 Å². The molecule has 0 saturated carbocycles. The van der Waals surface area contributed by atoms with E-state index in [0.29, 0.717) is 10.7 Å². The molecule has 0 radical (unpaired) electrons. The minimum atomic E-state index is -0.453. The predicted octanol–water partition coefficient (Wildman–Crippen LogP) is 3.07. The van der Waals surface area contributed by atoms with E-state index < -0.39 is 4.92 Å². The molecule has 0 spiro atoms. The van der Waals surface area contributed by atoms with Gasteiger partial charge in [-0.05, 0) is 32.0 Å². The van der Waals surface area contributed by atoms with Gasteiger partial charge in [0.15, 0.2) is 0 Å². The molecule has 0 atom stereocenters. The van der Waals surface area contributed by atoms with Crippen molar-refractivity contribution in [1.82, 2.24) is 5.32 Å². The van der Waals surface area contributed by atoms with Gasteiger partial charge >= 0.3 is 0 Å². The van der Waals surface area contributed by atoms with Gasteiger partial charge in [0.25, 0.3) is 5.69 Å². The van der Waals surface area contributed by atoms with Gasteiger partial charge in [-0.1, -0.05) is 23.2 Å². The highest BCUT2D eigenvalue weighted by Crippen LogP contribution is 2.34. The van der Waals surface area contributed by atoms with Gasteiger partial charge in [0, 0.05) is 12.1 Å². The van der Waals surface area contributed by atoms with E-state index in [0.717, 1.165) is 25.9 Å². The summed E-state index contributed by atoms with van der Waals surface area (Å²) in [6.07, 6.45) is 1.86. The van der Waals surface area contributed by atoms with Crippen LogP contribution in [0, 0.1) is 10.1 Å². The van der Waals surface area contributed by atoms with E-state index in [1.807, 2.05) is 0 Å². The third-order valence-electron chi connectivity index (χ3n) is 2.93. The monoisotopic (exact) mass is 289 g/mol. The van der Waals surface area contributed by atoms with Crippen molar-refractivity contribution in [3.63, 3.8) is 0 Å². The standard InChI is InChI=1S/C11H13Cl2N3O2/c12-8-5-10(11(16(17)18)6-9(8)13)15-7-1-3-14-4-2-7/h5-7,14-15H,1-4H2. The molecule has 0 bridgehead atoms. The number of halogens is 2. The predicted molar refractivity (Wildman–Crippen MR) is 72.6 cm³/mol. The first-order valence-electron chi connectivity index (χ1n) is 5.68. The number of nitro benzene ring substituents is 1. The molecule has 1 fully saturated rings. The highest BCUT2D eigenvalue weighted by atomic mass is 35.5. The number of hydrogen-bond donors (Lipinski definition) is 2. The van der Waals surface area contributed by atoms with Crippen LogP contribution in [0.25, 0.3) is 0 Å². The molecule has 1 aromatic carbocycles. The third kappa shape index (κ3) is 3.04. The molecule has 1 heterocycles. The first-order valence-corrected chi connectivity index (χ1v) is 6.44. The Morgan fingerprint density at radius 1 is 1.28 bits per heavy atom. The SMILES string of the molecule is O=[N+]([O-])c1cc(Cl)c(Cl)cc1NC1CCNCC1. The van der Waals surface area contributed by atoms with E-state index >= 15 is 0 Å². The van der Waals surface area contributed by atoms with Gasteiger partial charge in [-0.15, -0.1) is 0 Å². The molecule has 1 aliphatic rings. The summed E-state index contributed by atoms with van der Waals surface area (Å²) in [5, 5.41) is 17.9. The Kier molecular flexibility index (Phi) is 4.27. The van der Waals surface area contributed by atoms with Gasteiger partial charge in [-0.25, -0.2) is 0 Å². The molecule has 7 heteroatoms. The van der Waals surface area contributed by atoms with E-state index in [1.54, 1.807) is 0 Å². The van der Waals surface area contributed by atoms with Crippen molar-refractivity contribution in [2.75, 3.05) is 18.4 Å². The third-order valence-corrected chi connectivity index (χ3v) is 3.66. The van der Waals surface area contributed by atoms with Crippen molar-refractivity contribution < 1.29 is 4.92 Å². The van der Waals surface area contributed by atoms with Crippen LogP contribution in [0.3, 0.4) is 0 Å². The van der Waals surface area contributed by atoms with E-state index in [1.165, 1.54) is 12.1 Å². The fourth-order valence-corrected chi connectivity index (χ4v) is 2.31. The Balaban J connectivity index is 2.24. The number of benzene rings is 1. The molecule has 0 aromatic heterocycles.